The van der Waals surface area contributed by atoms with E-state index in [1.807, 2.05) is 24.3 Å². The van der Waals surface area contributed by atoms with Crippen molar-refractivity contribution in [1.29, 1.82) is 0 Å². The molecule has 2 aromatic rings. The molecule has 1 saturated heterocycles. The van der Waals surface area contributed by atoms with Gasteiger partial charge in [-0.1, -0.05) is 35.3 Å². The zero-order chi connectivity index (χ0) is 19.9. The molecule has 1 aliphatic carbocycles. The van der Waals surface area contributed by atoms with Crippen LogP contribution in [0.2, 0.25) is 10.0 Å². The molecule has 0 N–H and O–H groups in total. The molecule has 1 aliphatic heterocycles. The number of anilines is 1. The van der Waals surface area contributed by atoms with Gasteiger partial charge in [-0.25, -0.2) is 8.42 Å². The van der Waals surface area contributed by atoms with E-state index in [0.29, 0.717) is 49.1 Å². The van der Waals surface area contributed by atoms with Crippen LogP contribution >= 0.6 is 23.2 Å². The summed E-state index contributed by atoms with van der Waals surface area (Å²) in [5.74, 6) is -0.291. The molecule has 8 heteroatoms. The predicted octanol–water partition coefficient (Wildman–Crippen LogP) is 3.65. The summed E-state index contributed by atoms with van der Waals surface area (Å²) in [6.07, 6.45) is 0.725. The number of sulfone groups is 1. The van der Waals surface area contributed by atoms with E-state index < -0.39 is 14.6 Å². The topological polar surface area (TPSA) is 57.7 Å². The van der Waals surface area contributed by atoms with E-state index >= 15 is 0 Å². The van der Waals surface area contributed by atoms with E-state index in [9.17, 15) is 13.2 Å². The summed E-state index contributed by atoms with van der Waals surface area (Å²) < 4.78 is 24.9. The zero-order valence-corrected chi connectivity index (χ0v) is 17.5. The van der Waals surface area contributed by atoms with Crippen LogP contribution in [0.4, 0.5) is 5.69 Å². The Balaban J connectivity index is 1.49. The van der Waals surface area contributed by atoms with Crippen LogP contribution in [-0.4, -0.2) is 50.2 Å². The number of hydrogen-bond acceptors (Lipinski definition) is 4. The second kappa shape index (κ2) is 7.25. The molecule has 2 aromatic carbocycles. The Morgan fingerprint density at radius 3 is 2.07 bits per heavy atom. The molecule has 1 saturated carbocycles. The van der Waals surface area contributed by atoms with Gasteiger partial charge in [0.05, 0.1) is 15.6 Å². The Bertz CT molecular complexity index is 996. The Morgan fingerprint density at radius 2 is 1.50 bits per heavy atom. The smallest absolute Gasteiger partial charge is 0.244 e. The number of amides is 1. The fourth-order valence-electron chi connectivity index (χ4n) is 3.70. The van der Waals surface area contributed by atoms with Gasteiger partial charge in [0, 0.05) is 31.2 Å². The van der Waals surface area contributed by atoms with Gasteiger partial charge in [-0.15, -0.1) is 0 Å². The predicted molar refractivity (Wildman–Crippen MR) is 111 cm³/mol. The molecule has 5 nitrogen and oxygen atoms in total. The van der Waals surface area contributed by atoms with Crippen molar-refractivity contribution >= 4 is 44.6 Å². The standard InChI is InChI=1S/C20H20Cl2N2O3S/c21-15-5-7-16(8-6-15)28(26,27)20(9-10-20)19(25)24-13-11-23(12-14-24)18-4-2-1-3-17(18)22/h1-8H,9-14H2. The van der Waals surface area contributed by atoms with Crippen molar-refractivity contribution in [3.05, 3.63) is 58.6 Å². The normalized spacial score (nSPS) is 18.8. The van der Waals surface area contributed by atoms with E-state index in [-0.39, 0.29) is 10.8 Å². The van der Waals surface area contributed by atoms with Crippen molar-refractivity contribution in [1.82, 2.24) is 4.90 Å². The zero-order valence-electron chi connectivity index (χ0n) is 15.1. The van der Waals surface area contributed by atoms with Crippen LogP contribution in [0.5, 0.6) is 0 Å². The fraction of sp³-hybridized carbons (Fsp3) is 0.350. The molecule has 0 spiro atoms. The Hall–Kier alpha value is -1.76. The van der Waals surface area contributed by atoms with E-state index in [1.54, 1.807) is 4.90 Å². The SMILES string of the molecule is O=C(N1CCN(c2ccccc2Cl)CC1)C1(S(=O)(=O)c2ccc(Cl)cc2)CC1. The van der Waals surface area contributed by atoms with Crippen LogP contribution < -0.4 is 4.90 Å². The third-order valence-corrected chi connectivity index (χ3v) is 8.57. The molecule has 0 aromatic heterocycles. The average Bonchev–Trinajstić information content (AvgIpc) is 3.51. The number of halogens is 2. The minimum Gasteiger partial charge on any atom is -0.367 e. The fourth-order valence-corrected chi connectivity index (χ4v) is 6.02. The molecular weight excluding hydrogens is 419 g/mol. The first-order chi connectivity index (χ1) is 13.3. The second-order valence-electron chi connectivity index (χ2n) is 7.18. The Labute approximate surface area is 174 Å². The highest BCUT2D eigenvalue weighted by Gasteiger charge is 2.62. The van der Waals surface area contributed by atoms with Crippen molar-refractivity contribution in [2.45, 2.75) is 22.5 Å². The number of benzene rings is 2. The first-order valence-electron chi connectivity index (χ1n) is 9.14. The number of piperazine rings is 1. The number of para-hydroxylation sites is 1. The van der Waals surface area contributed by atoms with Gasteiger partial charge in [0.25, 0.3) is 0 Å². The van der Waals surface area contributed by atoms with Crippen LogP contribution in [0.1, 0.15) is 12.8 Å². The molecule has 1 heterocycles. The molecule has 0 unspecified atom stereocenters. The minimum absolute atomic E-state index is 0.150. The number of rotatable bonds is 4. The number of carbonyl (C=O) groups excluding carboxylic acids is 1. The largest absolute Gasteiger partial charge is 0.367 e. The van der Waals surface area contributed by atoms with Crippen LogP contribution in [0.15, 0.2) is 53.4 Å². The first kappa shape index (κ1) is 19.6. The van der Waals surface area contributed by atoms with Crippen molar-refractivity contribution in [3.63, 3.8) is 0 Å². The molecule has 1 amide bonds. The van der Waals surface area contributed by atoms with E-state index in [2.05, 4.69) is 4.90 Å². The minimum atomic E-state index is -3.75. The number of carbonyl (C=O) groups is 1. The number of nitrogens with zero attached hydrogens (tertiary/aromatic N) is 2. The van der Waals surface area contributed by atoms with E-state index in [0.717, 1.165) is 5.69 Å². The van der Waals surface area contributed by atoms with Crippen LogP contribution in [0.25, 0.3) is 0 Å². The highest BCUT2D eigenvalue weighted by molar-refractivity contribution is 7.94. The summed E-state index contributed by atoms with van der Waals surface area (Å²) >= 11 is 12.1. The van der Waals surface area contributed by atoms with Gasteiger partial charge >= 0.3 is 0 Å². The molecule has 148 valence electrons. The molecule has 0 bridgehead atoms. The van der Waals surface area contributed by atoms with E-state index in [1.165, 1.54) is 24.3 Å². The van der Waals surface area contributed by atoms with Gasteiger partial charge in [0.15, 0.2) is 14.6 Å². The summed E-state index contributed by atoms with van der Waals surface area (Å²) in [6.45, 7) is 2.18. The maximum Gasteiger partial charge on any atom is 0.244 e. The lowest BCUT2D eigenvalue weighted by Gasteiger charge is -2.38. The quantitative estimate of drug-likeness (QED) is 0.730. The Morgan fingerprint density at radius 1 is 0.893 bits per heavy atom. The maximum atomic E-state index is 13.2. The first-order valence-corrected chi connectivity index (χ1v) is 11.4. The maximum absolute atomic E-state index is 13.2. The van der Waals surface area contributed by atoms with Crippen LogP contribution in [-0.2, 0) is 14.6 Å². The summed E-state index contributed by atoms with van der Waals surface area (Å²) in [5.41, 5.74) is 0.936. The average molecular weight is 439 g/mol. The highest BCUT2D eigenvalue weighted by atomic mass is 35.5. The molecule has 0 atom stereocenters. The van der Waals surface area contributed by atoms with E-state index in [4.69, 9.17) is 23.2 Å². The van der Waals surface area contributed by atoms with Gasteiger partial charge in [-0.3, -0.25) is 4.79 Å². The lowest BCUT2D eigenvalue weighted by molar-refractivity contribution is -0.131. The van der Waals surface area contributed by atoms with Crippen molar-refractivity contribution in [2.24, 2.45) is 0 Å². The van der Waals surface area contributed by atoms with Gasteiger partial charge < -0.3 is 9.80 Å². The molecule has 2 aliphatic rings. The molecular formula is C20H20Cl2N2O3S. The summed E-state index contributed by atoms with van der Waals surface area (Å²) in [4.78, 5) is 17.1. The van der Waals surface area contributed by atoms with Gasteiger partial charge in [-0.05, 0) is 49.2 Å². The lowest BCUT2D eigenvalue weighted by Crippen LogP contribution is -2.53. The summed E-state index contributed by atoms with van der Waals surface area (Å²) in [7, 11) is -3.75. The number of hydrogen-bond donors (Lipinski definition) is 0. The molecule has 0 radical (unpaired) electrons. The van der Waals surface area contributed by atoms with Crippen molar-refractivity contribution in [2.75, 3.05) is 31.1 Å². The van der Waals surface area contributed by atoms with Crippen molar-refractivity contribution < 1.29 is 13.2 Å². The van der Waals surface area contributed by atoms with Crippen molar-refractivity contribution in [3.8, 4) is 0 Å². The highest BCUT2D eigenvalue weighted by Crippen LogP contribution is 2.48. The Kier molecular flexibility index (Phi) is 5.06. The molecule has 2 fully saturated rings. The monoisotopic (exact) mass is 438 g/mol. The molecule has 28 heavy (non-hydrogen) atoms. The third-order valence-electron chi connectivity index (χ3n) is 5.49. The van der Waals surface area contributed by atoms with Gasteiger partial charge in [0.2, 0.25) is 5.91 Å². The summed E-state index contributed by atoms with van der Waals surface area (Å²) in [5, 5.41) is 1.14. The van der Waals surface area contributed by atoms with Gasteiger partial charge in [0.1, 0.15) is 0 Å². The van der Waals surface area contributed by atoms with Gasteiger partial charge in [-0.2, -0.15) is 0 Å². The summed E-state index contributed by atoms with van der Waals surface area (Å²) in [6, 6.07) is 13.6. The van der Waals surface area contributed by atoms with Crippen LogP contribution in [0, 0.1) is 0 Å². The third kappa shape index (κ3) is 3.27. The lowest BCUT2D eigenvalue weighted by atomic mass is 10.2. The van der Waals surface area contributed by atoms with Crippen LogP contribution in [0.3, 0.4) is 0 Å². The second-order valence-corrected chi connectivity index (χ2v) is 10.3. The molecule has 4 rings (SSSR count).